The van der Waals surface area contributed by atoms with Crippen LogP contribution in [0, 0.1) is 13.8 Å². The van der Waals surface area contributed by atoms with Gasteiger partial charge in [0, 0.05) is 24.5 Å². The predicted molar refractivity (Wildman–Crippen MR) is 66.7 cm³/mol. The molecule has 17 heavy (non-hydrogen) atoms. The maximum absolute atomic E-state index is 4.43. The zero-order chi connectivity index (χ0) is 12.3. The third-order valence-corrected chi connectivity index (χ3v) is 2.41. The highest BCUT2D eigenvalue weighted by Gasteiger charge is 2.11. The van der Waals surface area contributed by atoms with Crippen LogP contribution in [0.4, 0.5) is 5.82 Å². The molecular weight excluding hydrogens is 214 g/mol. The van der Waals surface area contributed by atoms with Gasteiger partial charge in [-0.15, -0.1) is 0 Å². The molecule has 0 spiro atoms. The van der Waals surface area contributed by atoms with E-state index in [0.717, 1.165) is 35.1 Å². The summed E-state index contributed by atoms with van der Waals surface area (Å²) in [5, 5.41) is 3.23. The zero-order valence-electron chi connectivity index (χ0n) is 10.2. The second kappa shape index (κ2) is 4.86. The molecule has 0 bridgehead atoms. The summed E-state index contributed by atoms with van der Waals surface area (Å²) >= 11 is 0. The van der Waals surface area contributed by atoms with Gasteiger partial charge in [-0.1, -0.05) is 0 Å². The number of hydrogen-bond acceptors (Lipinski definition) is 5. The van der Waals surface area contributed by atoms with Gasteiger partial charge in [-0.3, -0.25) is 9.97 Å². The number of aromatic nitrogens is 4. The topological polar surface area (TPSA) is 63.6 Å². The molecule has 0 fully saturated rings. The van der Waals surface area contributed by atoms with Crippen LogP contribution in [0.5, 0.6) is 0 Å². The highest BCUT2D eigenvalue weighted by molar-refractivity contribution is 5.64. The van der Waals surface area contributed by atoms with Crippen molar-refractivity contribution in [2.24, 2.45) is 0 Å². The van der Waals surface area contributed by atoms with E-state index < -0.39 is 0 Å². The molecule has 5 nitrogen and oxygen atoms in total. The van der Waals surface area contributed by atoms with Gasteiger partial charge in [0.1, 0.15) is 17.3 Å². The van der Waals surface area contributed by atoms with Gasteiger partial charge in [-0.05, 0) is 20.8 Å². The van der Waals surface area contributed by atoms with E-state index in [-0.39, 0.29) is 0 Å². The quantitative estimate of drug-likeness (QED) is 0.871. The lowest BCUT2D eigenvalue weighted by Crippen LogP contribution is -2.06. The van der Waals surface area contributed by atoms with Crippen LogP contribution in [0.15, 0.2) is 18.6 Å². The van der Waals surface area contributed by atoms with Crippen LogP contribution in [0.25, 0.3) is 11.4 Å². The first-order valence-corrected chi connectivity index (χ1v) is 5.58. The molecule has 2 heterocycles. The molecule has 2 aromatic rings. The molecule has 1 N–H and O–H groups in total. The van der Waals surface area contributed by atoms with E-state index >= 15 is 0 Å². The minimum absolute atomic E-state index is 0.729. The Hall–Kier alpha value is -2.04. The van der Waals surface area contributed by atoms with Gasteiger partial charge in [0.25, 0.3) is 0 Å². The number of hydrogen-bond donors (Lipinski definition) is 1. The van der Waals surface area contributed by atoms with Gasteiger partial charge in [0.05, 0.1) is 11.9 Å². The lowest BCUT2D eigenvalue weighted by atomic mass is 10.2. The molecule has 0 aliphatic heterocycles. The van der Waals surface area contributed by atoms with Crippen LogP contribution < -0.4 is 5.32 Å². The van der Waals surface area contributed by atoms with E-state index in [2.05, 4.69) is 25.3 Å². The Balaban J connectivity index is 2.54. The largest absolute Gasteiger partial charge is 0.370 e. The maximum Gasteiger partial charge on any atom is 0.133 e. The third-order valence-electron chi connectivity index (χ3n) is 2.41. The Bertz CT molecular complexity index is 510. The molecule has 0 aromatic carbocycles. The van der Waals surface area contributed by atoms with Crippen LogP contribution in [0.3, 0.4) is 0 Å². The average Bonchev–Trinajstić information content (AvgIpc) is 2.35. The van der Waals surface area contributed by atoms with Crippen molar-refractivity contribution in [3.63, 3.8) is 0 Å². The van der Waals surface area contributed by atoms with Crippen molar-refractivity contribution in [2.75, 3.05) is 11.9 Å². The van der Waals surface area contributed by atoms with Crippen molar-refractivity contribution in [1.29, 1.82) is 0 Å². The summed E-state index contributed by atoms with van der Waals surface area (Å²) in [6, 6.07) is 0. The number of rotatable bonds is 3. The molecule has 0 saturated heterocycles. The zero-order valence-corrected chi connectivity index (χ0v) is 10.2. The van der Waals surface area contributed by atoms with Crippen LogP contribution in [-0.2, 0) is 0 Å². The summed E-state index contributed by atoms with van der Waals surface area (Å²) in [7, 11) is 0. The maximum atomic E-state index is 4.43. The van der Waals surface area contributed by atoms with Crippen molar-refractivity contribution in [1.82, 2.24) is 19.9 Å². The van der Waals surface area contributed by atoms with Crippen molar-refractivity contribution in [3.8, 4) is 11.4 Å². The van der Waals surface area contributed by atoms with Gasteiger partial charge in [-0.25, -0.2) is 9.97 Å². The van der Waals surface area contributed by atoms with Crippen LogP contribution in [0.2, 0.25) is 0 Å². The summed E-state index contributed by atoms with van der Waals surface area (Å²) in [4.78, 5) is 17.1. The fraction of sp³-hybridized carbons (Fsp3) is 0.333. The molecule has 0 aliphatic rings. The smallest absolute Gasteiger partial charge is 0.133 e. The average molecular weight is 229 g/mol. The molecule has 2 aromatic heterocycles. The highest BCUT2D eigenvalue weighted by Crippen LogP contribution is 2.23. The summed E-state index contributed by atoms with van der Waals surface area (Å²) < 4.78 is 0. The number of nitrogens with one attached hydrogen (secondary N) is 1. The van der Waals surface area contributed by atoms with E-state index in [0.29, 0.717) is 0 Å². The normalized spacial score (nSPS) is 10.3. The second-order valence-corrected chi connectivity index (χ2v) is 3.71. The number of nitrogens with zero attached hydrogens (tertiary/aromatic N) is 4. The fourth-order valence-electron chi connectivity index (χ4n) is 1.64. The van der Waals surface area contributed by atoms with E-state index in [1.54, 1.807) is 18.6 Å². The predicted octanol–water partition coefficient (Wildman–Crippen LogP) is 1.98. The first-order chi connectivity index (χ1) is 8.22. The summed E-state index contributed by atoms with van der Waals surface area (Å²) in [6.45, 7) is 6.73. The van der Waals surface area contributed by atoms with Crippen molar-refractivity contribution in [2.45, 2.75) is 20.8 Å². The molecule has 0 saturated carbocycles. The number of aryl methyl sites for hydroxylation is 1. The first kappa shape index (κ1) is 11.4. The standard InChI is InChI=1S/C12H15N5/c1-4-14-12-8(2)11(16-9(3)17-12)10-7-13-5-6-15-10/h5-7H,4H2,1-3H3,(H,14,16,17). The van der Waals surface area contributed by atoms with Gasteiger partial charge in [0.2, 0.25) is 0 Å². The third kappa shape index (κ3) is 2.38. The molecule has 0 unspecified atom stereocenters. The highest BCUT2D eigenvalue weighted by atomic mass is 15.0. The number of anilines is 1. The summed E-state index contributed by atoms with van der Waals surface area (Å²) in [6.07, 6.45) is 5.03. The van der Waals surface area contributed by atoms with E-state index in [9.17, 15) is 0 Å². The Morgan fingerprint density at radius 1 is 1.18 bits per heavy atom. The lowest BCUT2D eigenvalue weighted by Gasteiger charge is -2.11. The minimum atomic E-state index is 0.729. The molecule has 0 amide bonds. The first-order valence-electron chi connectivity index (χ1n) is 5.58. The Morgan fingerprint density at radius 3 is 2.65 bits per heavy atom. The van der Waals surface area contributed by atoms with E-state index in [1.165, 1.54) is 0 Å². The van der Waals surface area contributed by atoms with Gasteiger partial charge >= 0.3 is 0 Å². The van der Waals surface area contributed by atoms with Crippen LogP contribution in [-0.4, -0.2) is 26.5 Å². The van der Waals surface area contributed by atoms with E-state index in [4.69, 9.17) is 0 Å². The molecular formula is C12H15N5. The van der Waals surface area contributed by atoms with Crippen LogP contribution >= 0.6 is 0 Å². The van der Waals surface area contributed by atoms with Crippen molar-refractivity contribution >= 4 is 5.82 Å². The lowest BCUT2D eigenvalue weighted by molar-refractivity contribution is 1.01. The van der Waals surface area contributed by atoms with Gasteiger partial charge < -0.3 is 5.32 Å². The van der Waals surface area contributed by atoms with Crippen LogP contribution in [0.1, 0.15) is 18.3 Å². The van der Waals surface area contributed by atoms with Gasteiger partial charge in [0.15, 0.2) is 0 Å². The molecule has 5 heteroatoms. The van der Waals surface area contributed by atoms with Gasteiger partial charge in [-0.2, -0.15) is 0 Å². The minimum Gasteiger partial charge on any atom is -0.370 e. The Kier molecular flexibility index (Phi) is 3.27. The molecule has 2 rings (SSSR count). The molecule has 0 aliphatic carbocycles. The Morgan fingerprint density at radius 2 is 2.00 bits per heavy atom. The molecule has 0 radical (unpaired) electrons. The SMILES string of the molecule is CCNc1nc(C)nc(-c2cnccn2)c1C. The fourth-order valence-corrected chi connectivity index (χ4v) is 1.64. The second-order valence-electron chi connectivity index (χ2n) is 3.71. The van der Waals surface area contributed by atoms with Crippen molar-refractivity contribution in [3.05, 3.63) is 30.0 Å². The van der Waals surface area contributed by atoms with Crippen molar-refractivity contribution < 1.29 is 0 Å². The molecule has 88 valence electrons. The molecule has 0 atom stereocenters. The summed E-state index contributed by atoms with van der Waals surface area (Å²) in [5.74, 6) is 1.59. The summed E-state index contributed by atoms with van der Waals surface area (Å²) in [5.41, 5.74) is 2.61. The monoisotopic (exact) mass is 229 g/mol. The van der Waals surface area contributed by atoms with E-state index in [1.807, 2.05) is 20.8 Å². The Labute approximate surface area is 100 Å².